The van der Waals surface area contributed by atoms with Crippen LogP contribution < -0.4 is 29.7 Å². The van der Waals surface area contributed by atoms with Crippen molar-refractivity contribution < 1.29 is 28.5 Å². The average Bonchev–Trinajstić information content (AvgIpc) is 2.78. The summed E-state index contributed by atoms with van der Waals surface area (Å²) in [5, 5.41) is 6.45. The number of nitrogens with one attached hydrogen (secondary N) is 2. The smallest absolute Gasteiger partial charge is 0.259 e. The molecule has 0 saturated carbocycles. The molecule has 0 heterocycles. The van der Waals surface area contributed by atoms with Crippen molar-refractivity contribution in [2.75, 3.05) is 34.5 Å². The lowest BCUT2D eigenvalue weighted by atomic mass is 10.2. The first-order valence-corrected chi connectivity index (χ1v) is 10.3. The molecule has 0 unspecified atom stereocenters. The van der Waals surface area contributed by atoms with E-state index in [1.165, 1.54) is 26.5 Å². The minimum absolute atomic E-state index is 0.241. The lowest BCUT2D eigenvalue weighted by Crippen LogP contribution is -2.34. The van der Waals surface area contributed by atoms with Gasteiger partial charge in [-0.3, -0.25) is 9.59 Å². The van der Waals surface area contributed by atoms with Crippen molar-refractivity contribution in [2.24, 2.45) is 5.10 Å². The van der Waals surface area contributed by atoms with Gasteiger partial charge >= 0.3 is 0 Å². The number of amides is 2. The fraction of sp³-hybridized carbons (Fsp3) is 0.286. The molecule has 10 heteroatoms. The van der Waals surface area contributed by atoms with Crippen LogP contribution in [0.1, 0.15) is 22.8 Å². The molecule has 0 aliphatic heterocycles. The molecule has 2 rings (SSSR count). The number of carbonyl (C=O) groups is 2. The highest BCUT2D eigenvalue weighted by Crippen LogP contribution is 2.33. The summed E-state index contributed by atoms with van der Waals surface area (Å²) in [7, 11) is 4.54. The Bertz CT molecular complexity index is 964. The van der Waals surface area contributed by atoms with Crippen LogP contribution in [-0.4, -0.2) is 52.5 Å². The third-order valence-corrected chi connectivity index (χ3v) is 4.80. The first-order valence-electron chi connectivity index (χ1n) is 9.25. The Hall–Kier alpha value is -3.02. The maximum atomic E-state index is 12.3. The fourth-order valence-corrected chi connectivity index (χ4v) is 3.34. The molecule has 166 valence electrons. The van der Waals surface area contributed by atoms with Crippen molar-refractivity contribution in [3.8, 4) is 23.0 Å². The number of halogens is 1. The zero-order chi connectivity index (χ0) is 22.8. The first kappa shape index (κ1) is 24.3. The maximum Gasteiger partial charge on any atom is 0.259 e. The van der Waals surface area contributed by atoms with Crippen LogP contribution in [-0.2, 0) is 4.79 Å². The zero-order valence-electron chi connectivity index (χ0n) is 17.7. The molecule has 0 radical (unpaired) electrons. The van der Waals surface area contributed by atoms with Crippen molar-refractivity contribution >= 4 is 40.6 Å². The Kier molecular flexibility index (Phi) is 9.38. The summed E-state index contributed by atoms with van der Waals surface area (Å²) in [6.45, 7) is 2.17. The van der Waals surface area contributed by atoms with E-state index >= 15 is 0 Å². The van der Waals surface area contributed by atoms with Gasteiger partial charge in [0.2, 0.25) is 0 Å². The van der Waals surface area contributed by atoms with Gasteiger partial charge < -0.3 is 24.3 Å². The topological polar surface area (TPSA) is 107 Å². The largest absolute Gasteiger partial charge is 0.493 e. The van der Waals surface area contributed by atoms with E-state index in [1.807, 2.05) is 13.0 Å². The summed E-state index contributed by atoms with van der Waals surface area (Å²) >= 11 is 2.14. The summed E-state index contributed by atoms with van der Waals surface area (Å²) in [5.74, 6) is 1.26. The quantitative estimate of drug-likeness (QED) is 0.272. The van der Waals surface area contributed by atoms with Crippen LogP contribution in [0.3, 0.4) is 0 Å². The monoisotopic (exact) mass is 541 g/mol. The Balaban J connectivity index is 1.93. The zero-order valence-corrected chi connectivity index (χ0v) is 19.8. The highest BCUT2D eigenvalue weighted by atomic mass is 127. The molecular weight excluding hydrogens is 517 g/mol. The van der Waals surface area contributed by atoms with E-state index < -0.39 is 11.8 Å². The Morgan fingerprint density at radius 1 is 1.03 bits per heavy atom. The molecule has 0 aliphatic carbocycles. The van der Waals surface area contributed by atoms with E-state index in [1.54, 1.807) is 25.3 Å². The van der Waals surface area contributed by atoms with Gasteiger partial charge in [0, 0.05) is 5.56 Å². The number of methoxy groups -OCH3 is 3. The normalized spacial score (nSPS) is 10.5. The molecule has 0 fully saturated rings. The van der Waals surface area contributed by atoms with Crippen molar-refractivity contribution in [1.82, 2.24) is 10.7 Å². The van der Waals surface area contributed by atoms with Crippen molar-refractivity contribution in [3.05, 3.63) is 45.0 Å². The summed E-state index contributed by atoms with van der Waals surface area (Å²) in [5.41, 5.74) is 3.43. The summed E-state index contributed by atoms with van der Waals surface area (Å²) in [6.07, 6.45) is 1.48. The van der Waals surface area contributed by atoms with Crippen LogP contribution in [0.2, 0.25) is 0 Å². The van der Waals surface area contributed by atoms with Crippen molar-refractivity contribution in [3.63, 3.8) is 0 Å². The van der Waals surface area contributed by atoms with Gasteiger partial charge in [-0.2, -0.15) is 5.10 Å². The Morgan fingerprint density at radius 2 is 1.74 bits per heavy atom. The van der Waals surface area contributed by atoms with E-state index in [2.05, 4.69) is 38.4 Å². The van der Waals surface area contributed by atoms with Crippen molar-refractivity contribution in [1.29, 1.82) is 0 Å². The molecule has 2 N–H and O–H groups in total. The second-order valence-corrected chi connectivity index (χ2v) is 7.17. The molecular formula is C21H24IN3O6. The standard InChI is InChI=1S/C21H24IN3O6/c1-5-31-20-15(22)8-13(9-18(20)30-4)11-24-25-19(26)12-23-21(27)14-6-7-16(28-2)17(10-14)29-3/h6-11H,5,12H2,1-4H3,(H,23,27)(H,25,26)/b24-11+. The van der Waals surface area contributed by atoms with Gasteiger partial charge in [0.15, 0.2) is 23.0 Å². The molecule has 2 aromatic carbocycles. The van der Waals surface area contributed by atoms with Gasteiger partial charge in [0.05, 0.1) is 44.3 Å². The van der Waals surface area contributed by atoms with E-state index in [0.717, 1.165) is 9.13 Å². The molecule has 0 atom stereocenters. The molecule has 0 saturated heterocycles. The SMILES string of the molecule is CCOc1c(I)cc(/C=N/NC(=O)CNC(=O)c2ccc(OC)c(OC)c2)cc1OC. The predicted octanol–water partition coefficient (Wildman–Crippen LogP) is 2.60. The second-order valence-electron chi connectivity index (χ2n) is 6.01. The van der Waals surface area contributed by atoms with Gasteiger partial charge in [-0.25, -0.2) is 5.43 Å². The average molecular weight is 541 g/mol. The third kappa shape index (κ3) is 6.74. The second kappa shape index (κ2) is 12.0. The number of hydrogen-bond acceptors (Lipinski definition) is 7. The lowest BCUT2D eigenvalue weighted by Gasteiger charge is -2.12. The third-order valence-electron chi connectivity index (χ3n) is 4.00. The molecule has 0 spiro atoms. The van der Waals surface area contributed by atoms with Crippen LogP contribution in [0.5, 0.6) is 23.0 Å². The van der Waals surface area contributed by atoms with Gasteiger partial charge in [-0.05, 0) is 65.4 Å². The van der Waals surface area contributed by atoms with Crippen molar-refractivity contribution in [2.45, 2.75) is 6.92 Å². The highest BCUT2D eigenvalue weighted by Gasteiger charge is 2.12. The van der Waals surface area contributed by atoms with Crippen LogP contribution in [0, 0.1) is 3.57 Å². The van der Waals surface area contributed by atoms with Gasteiger partial charge in [0.1, 0.15) is 0 Å². The van der Waals surface area contributed by atoms with Gasteiger partial charge in [-0.1, -0.05) is 0 Å². The number of nitrogens with zero attached hydrogens (tertiary/aromatic N) is 1. The lowest BCUT2D eigenvalue weighted by molar-refractivity contribution is -0.120. The van der Waals surface area contributed by atoms with Gasteiger partial charge in [-0.15, -0.1) is 0 Å². The molecule has 0 aliphatic rings. The first-order chi connectivity index (χ1) is 14.9. The number of benzene rings is 2. The Labute approximate surface area is 194 Å². The minimum Gasteiger partial charge on any atom is -0.493 e. The van der Waals surface area contributed by atoms with E-state index in [9.17, 15) is 9.59 Å². The fourth-order valence-electron chi connectivity index (χ4n) is 2.56. The van der Waals surface area contributed by atoms with Crippen LogP contribution in [0.15, 0.2) is 35.4 Å². The number of hydrazone groups is 1. The van der Waals surface area contributed by atoms with Crippen LogP contribution >= 0.6 is 22.6 Å². The predicted molar refractivity (Wildman–Crippen MR) is 124 cm³/mol. The number of rotatable bonds is 10. The summed E-state index contributed by atoms with van der Waals surface area (Å²) < 4.78 is 22.1. The van der Waals surface area contributed by atoms with Crippen LogP contribution in [0.4, 0.5) is 0 Å². The number of ether oxygens (including phenoxy) is 4. The summed E-state index contributed by atoms with van der Waals surface area (Å²) in [6, 6.07) is 8.33. The molecule has 31 heavy (non-hydrogen) atoms. The van der Waals surface area contributed by atoms with E-state index in [-0.39, 0.29) is 6.54 Å². The molecule has 9 nitrogen and oxygen atoms in total. The van der Waals surface area contributed by atoms with E-state index in [0.29, 0.717) is 35.2 Å². The maximum absolute atomic E-state index is 12.3. The molecule has 0 bridgehead atoms. The minimum atomic E-state index is -0.474. The Morgan fingerprint density at radius 3 is 2.39 bits per heavy atom. The van der Waals surface area contributed by atoms with Crippen LogP contribution in [0.25, 0.3) is 0 Å². The molecule has 2 amide bonds. The highest BCUT2D eigenvalue weighted by molar-refractivity contribution is 14.1. The number of hydrogen-bond donors (Lipinski definition) is 2. The molecule has 0 aromatic heterocycles. The van der Waals surface area contributed by atoms with E-state index in [4.69, 9.17) is 18.9 Å². The molecule has 2 aromatic rings. The van der Waals surface area contributed by atoms with Gasteiger partial charge in [0.25, 0.3) is 11.8 Å². The summed E-state index contributed by atoms with van der Waals surface area (Å²) in [4.78, 5) is 24.2. The number of carbonyl (C=O) groups excluding carboxylic acids is 2.